The van der Waals surface area contributed by atoms with Crippen LogP contribution in [0.3, 0.4) is 0 Å². The van der Waals surface area contributed by atoms with Crippen LogP contribution in [0.5, 0.6) is 0 Å². The number of nitrogens with zero attached hydrogens (tertiary/aromatic N) is 1. The molecule has 0 unspecified atom stereocenters. The van der Waals surface area contributed by atoms with E-state index in [9.17, 15) is 5.11 Å². The molecule has 0 amide bonds. The Bertz CT molecular complexity index is 374. The topological polar surface area (TPSA) is 46.3 Å². The molecule has 68 valence electrons. The number of aryl methyl sites for hydroxylation is 1. The summed E-state index contributed by atoms with van der Waals surface area (Å²) >= 11 is 0. The number of oxazole rings is 1. The molecule has 1 heterocycles. The Morgan fingerprint density at radius 3 is 3.00 bits per heavy atom. The molecule has 0 aliphatic heterocycles. The van der Waals surface area contributed by atoms with Gasteiger partial charge in [-0.15, -0.1) is 0 Å². The third-order valence-electron chi connectivity index (χ3n) is 1.95. The summed E-state index contributed by atoms with van der Waals surface area (Å²) in [6.07, 6.45) is 6.89. The lowest BCUT2D eigenvalue weighted by atomic mass is 10.1. The van der Waals surface area contributed by atoms with E-state index in [1.165, 1.54) is 0 Å². The van der Waals surface area contributed by atoms with Crippen molar-refractivity contribution in [2.24, 2.45) is 0 Å². The summed E-state index contributed by atoms with van der Waals surface area (Å²) in [6, 6.07) is 0. The van der Waals surface area contributed by atoms with Crippen LogP contribution in [0.25, 0.3) is 5.57 Å². The average Bonchev–Trinajstić information content (AvgIpc) is 2.52. The van der Waals surface area contributed by atoms with Gasteiger partial charge in [0.15, 0.2) is 0 Å². The average molecular weight is 177 g/mol. The Hall–Kier alpha value is -1.51. The van der Waals surface area contributed by atoms with E-state index in [1.807, 2.05) is 13.0 Å². The van der Waals surface area contributed by atoms with Crippen LogP contribution >= 0.6 is 0 Å². The van der Waals surface area contributed by atoms with E-state index < -0.39 is 0 Å². The maximum absolute atomic E-state index is 9.30. The molecule has 0 fully saturated rings. The molecular weight excluding hydrogens is 166 g/mol. The summed E-state index contributed by atoms with van der Waals surface area (Å²) in [5.41, 5.74) is 1.73. The smallest absolute Gasteiger partial charge is 0.225 e. The summed E-state index contributed by atoms with van der Waals surface area (Å²) in [4.78, 5) is 4.18. The molecule has 0 spiro atoms. The fourth-order valence-electron chi connectivity index (χ4n) is 1.32. The highest BCUT2D eigenvalue weighted by atomic mass is 16.3. The van der Waals surface area contributed by atoms with Crippen molar-refractivity contribution in [1.82, 2.24) is 4.98 Å². The van der Waals surface area contributed by atoms with Crippen LogP contribution in [0.1, 0.15) is 24.4 Å². The number of aliphatic hydroxyl groups is 1. The summed E-state index contributed by atoms with van der Waals surface area (Å²) < 4.78 is 5.22. The van der Waals surface area contributed by atoms with Crippen molar-refractivity contribution >= 4 is 5.57 Å². The molecule has 1 aromatic rings. The first kappa shape index (κ1) is 8.10. The van der Waals surface area contributed by atoms with Gasteiger partial charge < -0.3 is 9.52 Å². The van der Waals surface area contributed by atoms with E-state index in [-0.39, 0.29) is 0 Å². The zero-order chi connectivity index (χ0) is 9.26. The molecular formula is C10H11NO2. The number of aromatic nitrogens is 1. The summed E-state index contributed by atoms with van der Waals surface area (Å²) in [5, 5.41) is 9.30. The SMILES string of the molecule is Cc1coc(C2=CCCC(O)=C2)n1. The maximum Gasteiger partial charge on any atom is 0.225 e. The van der Waals surface area contributed by atoms with Crippen LogP contribution in [0.2, 0.25) is 0 Å². The lowest BCUT2D eigenvalue weighted by Gasteiger charge is -2.05. The van der Waals surface area contributed by atoms with Crippen molar-refractivity contribution in [2.75, 3.05) is 0 Å². The third-order valence-corrected chi connectivity index (χ3v) is 1.95. The number of hydrogen-bond acceptors (Lipinski definition) is 3. The van der Waals surface area contributed by atoms with E-state index >= 15 is 0 Å². The minimum Gasteiger partial charge on any atom is -0.512 e. The van der Waals surface area contributed by atoms with Crippen LogP contribution < -0.4 is 0 Å². The first-order valence-corrected chi connectivity index (χ1v) is 4.28. The zero-order valence-electron chi connectivity index (χ0n) is 7.45. The second kappa shape index (κ2) is 3.09. The summed E-state index contributed by atoms with van der Waals surface area (Å²) in [5.74, 6) is 0.983. The van der Waals surface area contributed by atoms with Crippen LogP contribution in [0.15, 0.2) is 28.6 Å². The van der Waals surface area contributed by atoms with Gasteiger partial charge >= 0.3 is 0 Å². The molecule has 0 atom stereocenters. The first-order chi connectivity index (χ1) is 6.25. The Labute approximate surface area is 76.4 Å². The quantitative estimate of drug-likeness (QED) is 0.717. The lowest BCUT2D eigenvalue weighted by molar-refractivity contribution is 0.387. The van der Waals surface area contributed by atoms with Crippen molar-refractivity contribution in [3.63, 3.8) is 0 Å². The third kappa shape index (κ3) is 1.64. The molecule has 1 aromatic heterocycles. The number of aliphatic hydroxyl groups excluding tert-OH is 1. The number of hydrogen-bond donors (Lipinski definition) is 1. The molecule has 0 radical (unpaired) electrons. The van der Waals surface area contributed by atoms with Crippen molar-refractivity contribution in [1.29, 1.82) is 0 Å². The second-order valence-electron chi connectivity index (χ2n) is 3.13. The molecule has 3 nitrogen and oxygen atoms in total. The van der Waals surface area contributed by atoms with Crippen molar-refractivity contribution in [3.8, 4) is 0 Å². The maximum atomic E-state index is 9.30. The van der Waals surface area contributed by atoms with Gasteiger partial charge in [-0.3, -0.25) is 0 Å². The lowest BCUT2D eigenvalue weighted by Crippen LogP contribution is -1.91. The molecule has 0 bridgehead atoms. The Balaban J connectivity index is 2.32. The van der Waals surface area contributed by atoms with Crippen LogP contribution in [-0.4, -0.2) is 10.1 Å². The summed E-state index contributed by atoms with van der Waals surface area (Å²) in [7, 11) is 0. The fraction of sp³-hybridized carbons (Fsp3) is 0.300. The minimum absolute atomic E-state index is 0.397. The highest BCUT2D eigenvalue weighted by Gasteiger charge is 2.10. The van der Waals surface area contributed by atoms with Crippen molar-refractivity contribution in [3.05, 3.63) is 35.8 Å². The number of rotatable bonds is 1. The number of allylic oxidation sites excluding steroid dienone is 4. The van der Waals surface area contributed by atoms with E-state index in [2.05, 4.69) is 4.98 Å². The van der Waals surface area contributed by atoms with Gasteiger partial charge in [0.05, 0.1) is 11.5 Å². The van der Waals surface area contributed by atoms with Gasteiger partial charge in [0.2, 0.25) is 5.89 Å². The molecule has 0 saturated carbocycles. The van der Waals surface area contributed by atoms with Crippen molar-refractivity contribution in [2.45, 2.75) is 19.8 Å². The molecule has 0 saturated heterocycles. The highest BCUT2D eigenvalue weighted by molar-refractivity contribution is 5.70. The molecule has 3 heteroatoms. The molecule has 0 aromatic carbocycles. The van der Waals surface area contributed by atoms with E-state index in [0.29, 0.717) is 18.1 Å². The Morgan fingerprint density at radius 2 is 2.38 bits per heavy atom. The predicted molar refractivity (Wildman–Crippen MR) is 49.2 cm³/mol. The normalized spacial score (nSPS) is 16.7. The van der Waals surface area contributed by atoms with Gasteiger partial charge in [-0.25, -0.2) is 4.98 Å². The molecule has 1 aliphatic rings. The Morgan fingerprint density at radius 1 is 1.54 bits per heavy atom. The minimum atomic E-state index is 0.397. The summed E-state index contributed by atoms with van der Waals surface area (Å²) in [6.45, 7) is 1.87. The monoisotopic (exact) mass is 177 g/mol. The van der Waals surface area contributed by atoms with Crippen LogP contribution in [-0.2, 0) is 0 Å². The van der Waals surface area contributed by atoms with Crippen LogP contribution in [0.4, 0.5) is 0 Å². The standard InChI is InChI=1S/C10H11NO2/c1-7-6-13-10(11-7)8-3-2-4-9(12)5-8/h3,5-6,12H,2,4H2,1H3. The predicted octanol–water partition coefficient (Wildman–Crippen LogP) is 2.60. The highest BCUT2D eigenvalue weighted by Crippen LogP contribution is 2.23. The van der Waals surface area contributed by atoms with Gasteiger partial charge in [0.25, 0.3) is 0 Å². The Kier molecular flexibility index (Phi) is 1.93. The van der Waals surface area contributed by atoms with Gasteiger partial charge in [-0.1, -0.05) is 6.08 Å². The van der Waals surface area contributed by atoms with E-state index in [0.717, 1.165) is 17.7 Å². The molecule has 1 aliphatic carbocycles. The van der Waals surface area contributed by atoms with Gasteiger partial charge in [0.1, 0.15) is 6.26 Å². The van der Waals surface area contributed by atoms with Gasteiger partial charge in [-0.2, -0.15) is 0 Å². The largest absolute Gasteiger partial charge is 0.512 e. The van der Waals surface area contributed by atoms with Gasteiger partial charge in [0, 0.05) is 12.0 Å². The van der Waals surface area contributed by atoms with E-state index in [1.54, 1.807) is 12.3 Å². The van der Waals surface area contributed by atoms with Gasteiger partial charge in [-0.05, 0) is 19.4 Å². The molecule has 1 N–H and O–H groups in total. The first-order valence-electron chi connectivity index (χ1n) is 4.28. The fourth-order valence-corrected chi connectivity index (χ4v) is 1.32. The zero-order valence-corrected chi connectivity index (χ0v) is 7.45. The molecule has 2 rings (SSSR count). The molecule has 13 heavy (non-hydrogen) atoms. The van der Waals surface area contributed by atoms with Crippen LogP contribution in [0, 0.1) is 6.92 Å². The van der Waals surface area contributed by atoms with E-state index in [4.69, 9.17) is 4.42 Å². The second-order valence-corrected chi connectivity index (χ2v) is 3.13. The van der Waals surface area contributed by atoms with Crippen molar-refractivity contribution < 1.29 is 9.52 Å².